The highest BCUT2D eigenvalue weighted by Gasteiger charge is 2.12. The molecule has 0 aromatic carbocycles. The second kappa shape index (κ2) is 5.09. The molecule has 0 bridgehead atoms. The first-order chi connectivity index (χ1) is 8.60. The number of nitrogens with zero attached hydrogens (tertiary/aromatic N) is 3. The molecule has 2 rings (SSSR count). The van der Waals surface area contributed by atoms with Gasteiger partial charge in [0.15, 0.2) is 0 Å². The maximum atomic E-state index is 11.1. The van der Waals surface area contributed by atoms with E-state index in [2.05, 4.69) is 19.7 Å². The molecule has 2 N–H and O–H groups in total. The van der Waals surface area contributed by atoms with Crippen molar-refractivity contribution in [1.82, 2.24) is 15.0 Å². The molecule has 0 saturated heterocycles. The number of anilines is 1. The fourth-order valence-electron chi connectivity index (χ4n) is 1.38. The lowest BCUT2D eigenvalue weighted by Gasteiger charge is -2.01. The van der Waals surface area contributed by atoms with Gasteiger partial charge in [-0.3, -0.25) is 4.79 Å². The van der Waals surface area contributed by atoms with Crippen molar-refractivity contribution in [1.29, 1.82) is 0 Å². The zero-order chi connectivity index (χ0) is 13.1. The number of aryl methyl sites for hydroxylation is 1. The van der Waals surface area contributed by atoms with Crippen LogP contribution in [0.25, 0.3) is 10.6 Å². The van der Waals surface area contributed by atoms with Gasteiger partial charge in [0.25, 0.3) is 0 Å². The van der Waals surface area contributed by atoms with Gasteiger partial charge in [0.2, 0.25) is 0 Å². The van der Waals surface area contributed by atoms with Crippen LogP contribution in [0, 0.1) is 6.92 Å². The molecule has 0 fully saturated rings. The fourth-order valence-corrected chi connectivity index (χ4v) is 2.22. The van der Waals surface area contributed by atoms with Gasteiger partial charge in [0, 0.05) is 11.6 Å². The third-order valence-electron chi connectivity index (χ3n) is 2.27. The molecule has 0 spiro atoms. The number of nitrogen functional groups attached to an aromatic ring is 1. The number of nitrogens with two attached hydrogens (primary N) is 1. The molecule has 0 aliphatic carbocycles. The Morgan fingerprint density at radius 3 is 2.94 bits per heavy atom. The van der Waals surface area contributed by atoms with Crippen LogP contribution in [0.4, 0.5) is 5.82 Å². The van der Waals surface area contributed by atoms with Crippen molar-refractivity contribution in [3.05, 3.63) is 23.1 Å². The highest BCUT2D eigenvalue weighted by Crippen LogP contribution is 2.27. The Morgan fingerprint density at radius 2 is 2.28 bits per heavy atom. The van der Waals surface area contributed by atoms with Crippen molar-refractivity contribution in [2.75, 3.05) is 12.8 Å². The topological polar surface area (TPSA) is 91.0 Å². The number of thiazole rings is 1. The monoisotopic (exact) mass is 264 g/mol. The average molecular weight is 264 g/mol. The molecule has 0 radical (unpaired) electrons. The third-order valence-corrected chi connectivity index (χ3v) is 3.20. The Morgan fingerprint density at radius 1 is 1.50 bits per heavy atom. The molecule has 94 valence electrons. The molecule has 2 heterocycles. The maximum Gasteiger partial charge on any atom is 0.311 e. The number of aromatic nitrogens is 3. The molecular formula is C11H12N4O2S. The van der Waals surface area contributed by atoms with Gasteiger partial charge in [-0.1, -0.05) is 0 Å². The number of esters is 1. The molecule has 0 aliphatic rings. The summed E-state index contributed by atoms with van der Waals surface area (Å²) in [6.07, 6.45) is 1.79. The van der Waals surface area contributed by atoms with E-state index in [9.17, 15) is 4.79 Å². The van der Waals surface area contributed by atoms with E-state index in [0.717, 1.165) is 0 Å². The molecule has 0 unspecified atom stereocenters. The lowest BCUT2D eigenvalue weighted by atomic mass is 10.3. The van der Waals surface area contributed by atoms with Crippen LogP contribution in [0.2, 0.25) is 0 Å². The Hall–Kier alpha value is -2.02. The summed E-state index contributed by atoms with van der Waals surface area (Å²) < 4.78 is 4.58. The van der Waals surface area contributed by atoms with E-state index >= 15 is 0 Å². The van der Waals surface area contributed by atoms with Gasteiger partial charge < -0.3 is 10.5 Å². The first-order valence-electron chi connectivity index (χ1n) is 5.21. The number of hydrogen-bond donors (Lipinski definition) is 1. The summed E-state index contributed by atoms with van der Waals surface area (Å²) in [5.74, 6) is 0.684. The number of hydrogen-bond acceptors (Lipinski definition) is 7. The molecular weight excluding hydrogens is 252 g/mol. The van der Waals surface area contributed by atoms with Gasteiger partial charge in [0.1, 0.15) is 16.6 Å². The normalized spacial score (nSPS) is 10.3. The SMILES string of the molecule is COC(=O)Cc1csc(-c2cnc(C)nc2N)n1. The highest BCUT2D eigenvalue weighted by atomic mass is 32.1. The molecule has 0 saturated carbocycles. The number of rotatable bonds is 3. The smallest absolute Gasteiger partial charge is 0.311 e. The van der Waals surface area contributed by atoms with Crippen molar-refractivity contribution < 1.29 is 9.53 Å². The van der Waals surface area contributed by atoms with E-state index in [1.807, 2.05) is 0 Å². The Balaban J connectivity index is 2.26. The van der Waals surface area contributed by atoms with Crippen molar-refractivity contribution in [3.8, 4) is 10.6 Å². The fraction of sp³-hybridized carbons (Fsp3) is 0.273. The summed E-state index contributed by atoms with van der Waals surface area (Å²) in [7, 11) is 1.35. The molecule has 0 atom stereocenters. The molecule has 0 amide bonds. The van der Waals surface area contributed by atoms with Crippen LogP contribution in [0.3, 0.4) is 0 Å². The van der Waals surface area contributed by atoms with Gasteiger partial charge in [-0.05, 0) is 6.92 Å². The van der Waals surface area contributed by atoms with E-state index < -0.39 is 0 Å². The Bertz CT molecular complexity index is 582. The first-order valence-corrected chi connectivity index (χ1v) is 6.09. The summed E-state index contributed by atoms with van der Waals surface area (Å²) in [6, 6.07) is 0. The van der Waals surface area contributed by atoms with Gasteiger partial charge in [-0.2, -0.15) is 0 Å². The highest BCUT2D eigenvalue weighted by molar-refractivity contribution is 7.13. The van der Waals surface area contributed by atoms with Crippen molar-refractivity contribution in [2.24, 2.45) is 0 Å². The minimum absolute atomic E-state index is 0.152. The molecule has 6 nitrogen and oxygen atoms in total. The van der Waals surface area contributed by atoms with Crippen LogP contribution in [0.15, 0.2) is 11.6 Å². The van der Waals surface area contributed by atoms with Crippen LogP contribution in [-0.2, 0) is 16.0 Å². The zero-order valence-electron chi connectivity index (χ0n) is 10.0. The van der Waals surface area contributed by atoms with Crippen molar-refractivity contribution in [2.45, 2.75) is 13.3 Å². The second-order valence-corrected chi connectivity index (χ2v) is 4.47. The third kappa shape index (κ3) is 2.62. The lowest BCUT2D eigenvalue weighted by molar-refractivity contribution is -0.139. The maximum absolute atomic E-state index is 11.1. The molecule has 2 aromatic rings. The minimum atomic E-state index is -0.319. The predicted octanol–water partition coefficient (Wildman–Crippen LogP) is 1.21. The summed E-state index contributed by atoms with van der Waals surface area (Å²) in [5.41, 5.74) is 7.15. The van der Waals surface area contributed by atoms with Gasteiger partial charge in [-0.15, -0.1) is 11.3 Å². The standard InChI is InChI=1S/C11H12N4O2S/c1-6-13-4-8(10(12)14-6)11-15-7(5-18-11)3-9(16)17-2/h4-5H,3H2,1-2H3,(H2,12,13,14). The van der Waals surface area contributed by atoms with E-state index in [4.69, 9.17) is 5.73 Å². The van der Waals surface area contributed by atoms with Crippen LogP contribution >= 0.6 is 11.3 Å². The summed E-state index contributed by atoms with van der Waals surface area (Å²) >= 11 is 1.40. The largest absolute Gasteiger partial charge is 0.469 e. The molecule has 0 aliphatic heterocycles. The van der Waals surface area contributed by atoms with E-state index in [-0.39, 0.29) is 12.4 Å². The minimum Gasteiger partial charge on any atom is -0.469 e. The molecule has 7 heteroatoms. The van der Waals surface area contributed by atoms with Crippen LogP contribution in [-0.4, -0.2) is 28.0 Å². The zero-order valence-corrected chi connectivity index (χ0v) is 10.8. The molecule has 2 aromatic heterocycles. The van der Waals surface area contributed by atoms with Crippen LogP contribution in [0.1, 0.15) is 11.5 Å². The average Bonchev–Trinajstić information content (AvgIpc) is 2.77. The Kier molecular flexibility index (Phi) is 3.52. The number of carbonyl (C=O) groups excluding carboxylic acids is 1. The van der Waals surface area contributed by atoms with Crippen molar-refractivity contribution in [3.63, 3.8) is 0 Å². The number of methoxy groups -OCH3 is 1. The summed E-state index contributed by atoms with van der Waals surface area (Å²) in [4.78, 5) is 23.6. The number of ether oxygens (including phenoxy) is 1. The van der Waals surface area contributed by atoms with E-state index in [1.54, 1.807) is 18.5 Å². The van der Waals surface area contributed by atoms with Crippen LogP contribution in [0.5, 0.6) is 0 Å². The van der Waals surface area contributed by atoms with Crippen molar-refractivity contribution >= 4 is 23.1 Å². The summed E-state index contributed by atoms with van der Waals surface area (Å²) in [6.45, 7) is 1.77. The molecule has 18 heavy (non-hydrogen) atoms. The summed E-state index contributed by atoms with van der Waals surface area (Å²) in [5, 5.41) is 2.50. The van der Waals surface area contributed by atoms with Gasteiger partial charge in [-0.25, -0.2) is 15.0 Å². The first kappa shape index (κ1) is 12.4. The quantitative estimate of drug-likeness (QED) is 0.838. The predicted molar refractivity (Wildman–Crippen MR) is 68.0 cm³/mol. The van der Waals surface area contributed by atoms with Crippen LogP contribution < -0.4 is 5.73 Å². The Labute approximate surface area is 108 Å². The van der Waals surface area contributed by atoms with E-state index in [0.29, 0.717) is 27.9 Å². The lowest BCUT2D eigenvalue weighted by Crippen LogP contribution is -2.04. The van der Waals surface area contributed by atoms with E-state index in [1.165, 1.54) is 18.4 Å². The second-order valence-electron chi connectivity index (χ2n) is 3.61. The van der Waals surface area contributed by atoms with Gasteiger partial charge >= 0.3 is 5.97 Å². The number of carbonyl (C=O) groups is 1. The van der Waals surface area contributed by atoms with Gasteiger partial charge in [0.05, 0.1) is 24.8 Å².